The fourth-order valence-electron chi connectivity index (χ4n) is 2.68. The van der Waals surface area contributed by atoms with E-state index in [1.165, 1.54) is 6.26 Å². The molecule has 3 N–H and O–H groups in total. The Morgan fingerprint density at radius 3 is 2.48 bits per heavy atom. The molecule has 0 aliphatic heterocycles. The highest BCUT2D eigenvalue weighted by molar-refractivity contribution is 7.90. The molecular weight excluding hydrogens is 288 g/mol. The Morgan fingerprint density at radius 1 is 1.29 bits per heavy atom. The van der Waals surface area contributed by atoms with Crippen LogP contribution >= 0.6 is 0 Å². The molecule has 0 spiro atoms. The predicted molar refractivity (Wildman–Crippen MR) is 81.3 cm³/mol. The number of rotatable bonds is 5. The van der Waals surface area contributed by atoms with E-state index in [0.29, 0.717) is 13.0 Å². The highest BCUT2D eigenvalue weighted by atomic mass is 32.2. The Morgan fingerprint density at radius 2 is 1.95 bits per heavy atom. The van der Waals surface area contributed by atoms with Gasteiger partial charge in [-0.2, -0.15) is 0 Å². The van der Waals surface area contributed by atoms with E-state index >= 15 is 0 Å². The Labute approximate surface area is 125 Å². The fraction of sp³-hybridized carbons (Fsp3) is 0.533. The SMILES string of the molecule is CS(=O)(=O)c1ccc(CNC(=O)C[C@@H]2CCC[C@H]2N)cc1. The number of benzene rings is 1. The van der Waals surface area contributed by atoms with Crippen LogP contribution in [0.15, 0.2) is 29.2 Å². The smallest absolute Gasteiger partial charge is 0.220 e. The van der Waals surface area contributed by atoms with Gasteiger partial charge in [0, 0.05) is 25.3 Å². The van der Waals surface area contributed by atoms with Crippen LogP contribution in [0.2, 0.25) is 0 Å². The lowest BCUT2D eigenvalue weighted by atomic mass is 10.00. The number of nitrogens with one attached hydrogen (secondary N) is 1. The first kappa shape index (κ1) is 16.0. The van der Waals surface area contributed by atoms with Crippen LogP contribution in [-0.2, 0) is 21.2 Å². The molecule has 1 amide bonds. The van der Waals surface area contributed by atoms with Crippen molar-refractivity contribution >= 4 is 15.7 Å². The van der Waals surface area contributed by atoms with Gasteiger partial charge >= 0.3 is 0 Å². The maximum atomic E-state index is 11.9. The van der Waals surface area contributed by atoms with Crippen molar-refractivity contribution in [3.63, 3.8) is 0 Å². The summed E-state index contributed by atoms with van der Waals surface area (Å²) in [5.41, 5.74) is 6.84. The Kier molecular flexibility index (Phi) is 5.00. The molecule has 0 aromatic heterocycles. The van der Waals surface area contributed by atoms with E-state index < -0.39 is 9.84 Å². The number of amides is 1. The van der Waals surface area contributed by atoms with Crippen molar-refractivity contribution in [2.75, 3.05) is 6.26 Å². The van der Waals surface area contributed by atoms with Gasteiger partial charge in [0.2, 0.25) is 5.91 Å². The lowest BCUT2D eigenvalue weighted by Crippen LogP contribution is -2.31. The summed E-state index contributed by atoms with van der Waals surface area (Å²) in [5.74, 6) is 0.294. The Bertz CT molecular complexity index is 596. The first-order chi connectivity index (χ1) is 9.86. The molecule has 0 bridgehead atoms. The molecule has 1 aromatic rings. The summed E-state index contributed by atoms with van der Waals surface area (Å²) in [6.07, 6.45) is 4.78. The maximum Gasteiger partial charge on any atom is 0.220 e. The highest BCUT2D eigenvalue weighted by Crippen LogP contribution is 2.26. The van der Waals surface area contributed by atoms with Gasteiger partial charge in [0.1, 0.15) is 0 Å². The van der Waals surface area contributed by atoms with Crippen LogP contribution in [0.3, 0.4) is 0 Å². The number of nitrogens with two attached hydrogens (primary N) is 1. The lowest BCUT2D eigenvalue weighted by Gasteiger charge is -2.14. The average molecular weight is 310 g/mol. The number of hydrogen-bond donors (Lipinski definition) is 2. The third kappa shape index (κ3) is 4.54. The van der Waals surface area contributed by atoms with Gasteiger partial charge in [-0.15, -0.1) is 0 Å². The van der Waals surface area contributed by atoms with Crippen LogP contribution in [0.5, 0.6) is 0 Å². The van der Waals surface area contributed by atoms with Gasteiger partial charge in [-0.05, 0) is 36.5 Å². The number of carbonyl (C=O) groups excluding carboxylic acids is 1. The van der Waals surface area contributed by atoms with Crippen molar-refractivity contribution in [1.82, 2.24) is 5.32 Å². The standard InChI is InChI=1S/C15H22N2O3S/c1-21(19,20)13-7-5-11(6-8-13)10-17-15(18)9-12-3-2-4-14(12)16/h5-8,12,14H,2-4,9-10,16H2,1H3,(H,17,18)/t12-,14+/m0/s1. The zero-order valence-corrected chi connectivity index (χ0v) is 13.0. The molecule has 116 valence electrons. The minimum atomic E-state index is -3.17. The average Bonchev–Trinajstić information content (AvgIpc) is 2.81. The molecule has 1 aliphatic rings. The van der Waals surface area contributed by atoms with E-state index in [2.05, 4.69) is 5.32 Å². The molecule has 1 aromatic carbocycles. The monoisotopic (exact) mass is 310 g/mol. The van der Waals surface area contributed by atoms with Crippen molar-refractivity contribution in [3.8, 4) is 0 Å². The molecule has 1 aliphatic carbocycles. The quantitative estimate of drug-likeness (QED) is 0.856. The van der Waals surface area contributed by atoms with Gasteiger partial charge in [-0.1, -0.05) is 18.6 Å². The molecule has 1 fully saturated rings. The van der Waals surface area contributed by atoms with Crippen LogP contribution in [0.4, 0.5) is 0 Å². The van der Waals surface area contributed by atoms with Crippen molar-refractivity contribution in [2.45, 2.75) is 43.2 Å². The minimum Gasteiger partial charge on any atom is -0.352 e. The molecular formula is C15H22N2O3S. The van der Waals surface area contributed by atoms with Crippen LogP contribution in [0.1, 0.15) is 31.2 Å². The normalized spacial score (nSPS) is 22.2. The van der Waals surface area contributed by atoms with Gasteiger partial charge in [0.15, 0.2) is 9.84 Å². The van der Waals surface area contributed by atoms with E-state index in [0.717, 1.165) is 24.8 Å². The fourth-order valence-corrected chi connectivity index (χ4v) is 3.31. The van der Waals surface area contributed by atoms with Gasteiger partial charge in [-0.3, -0.25) is 4.79 Å². The second kappa shape index (κ2) is 6.58. The van der Waals surface area contributed by atoms with Gasteiger partial charge < -0.3 is 11.1 Å². The van der Waals surface area contributed by atoms with Crippen molar-refractivity contribution < 1.29 is 13.2 Å². The van der Waals surface area contributed by atoms with E-state index in [1.807, 2.05) is 0 Å². The number of sulfone groups is 1. The molecule has 0 unspecified atom stereocenters. The first-order valence-corrected chi connectivity index (χ1v) is 9.06. The number of carbonyl (C=O) groups is 1. The van der Waals surface area contributed by atoms with E-state index in [4.69, 9.17) is 5.73 Å². The third-order valence-electron chi connectivity index (χ3n) is 4.01. The predicted octanol–water partition coefficient (Wildman–Crippen LogP) is 1.22. The lowest BCUT2D eigenvalue weighted by molar-refractivity contribution is -0.122. The van der Waals surface area contributed by atoms with Gasteiger partial charge in [-0.25, -0.2) is 8.42 Å². The maximum absolute atomic E-state index is 11.9. The minimum absolute atomic E-state index is 0.00420. The van der Waals surface area contributed by atoms with Crippen LogP contribution in [0, 0.1) is 5.92 Å². The molecule has 0 radical (unpaired) electrons. The van der Waals surface area contributed by atoms with Gasteiger partial charge in [0.05, 0.1) is 4.90 Å². The van der Waals surface area contributed by atoms with Crippen molar-refractivity contribution in [3.05, 3.63) is 29.8 Å². The summed E-state index contributed by atoms with van der Waals surface area (Å²) in [7, 11) is -3.17. The molecule has 5 nitrogen and oxygen atoms in total. The summed E-state index contributed by atoms with van der Waals surface area (Å²) in [6.45, 7) is 0.408. The second-order valence-corrected chi connectivity index (χ2v) is 7.77. The second-order valence-electron chi connectivity index (χ2n) is 5.75. The Balaban J connectivity index is 1.84. The summed E-state index contributed by atoms with van der Waals surface area (Å²) in [6, 6.07) is 6.70. The summed E-state index contributed by atoms with van der Waals surface area (Å²) in [4.78, 5) is 12.2. The van der Waals surface area contributed by atoms with Crippen LogP contribution in [-0.4, -0.2) is 26.6 Å². The van der Waals surface area contributed by atoms with Crippen LogP contribution in [0.25, 0.3) is 0 Å². The molecule has 2 atom stereocenters. The van der Waals surface area contributed by atoms with Crippen LogP contribution < -0.4 is 11.1 Å². The van der Waals surface area contributed by atoms with E-state index in [9.17, 15) is 13.2 Å². The Hall–Kier alpha value is -1.40. The van der Waals surface area contributed by atoms with E-state index in [1.54, 1.807) is 24.3 Å². The van der Waals surface area contributed by atoms with E-state index in [-0.39, 0.29) is 22.8 Å². The summed E-state index contributed by atoms with van der Waals surface area (Å²) >= 11 is 0. The molecule has 1 saturated carbocycles. The van der Waals surface area contributed by atoms with Crippen molar-refractivity contribution in [2.24, 2.45) is 11.7 Å². The molecule has 0 saturated heterocycles. The number of hydrogen-bond acceptors (Lipinski definition) is 4. The van der Waals surface area contributed by atoms with Gasteiger partial charge in [0.25, 0.3) is 0 Å². The zero-order valence-electron chi connectivity index (χ0n) is 12.2. The summed E-state index contributed by atoms with van der Waals surface area (Å²) < 4.78 is 22.7. The summed E-state index contributed by atoms with van der Waals surface area (Å²) in [5, 5.41) is 2.86. The van der Waals surface area contributed by atoms with Crippen molar-refractivity contribution in [1.29, 1.82) is 0 Å². The third-order valence-corrected chi connectivity index (χ3v) is 5.14. The molecule has 2 rings (SSSR count). The zero-order chi connectivity index (χ0) is 15.5. The molecule has 21 heavy (non-hydrogen) atoms. The molecule has 0 heterocycles. The highest BCUT2D eigenvalue weighted by Gasteiger charge is 2.25. The molecule has 6 heteroatoms. The largest absolute Gasteiger partial charge is 0.352 e. The first-order valence-electron chi connectivity index (χ1n) is 7.17. The topological polar surface area (TPSA) is 89.3 Å².